The molecule has 2 heterocycles. The number of nitrogens with zero attached hydrogens (tertiary/aromatic N) is 3. The molecule has 4 nitrogen and oxygen atoms in total. The molecule has 0 spiro atoms. The molecule has 1 N–H and O–H groups in total. The Hall–Kier alpha value is -2.78. The minimum absolute atomic E-state index is 0.0317. The molecule has 1 aromatic carbocycles. The summed E-state index contributed by atoms with van der Waals surface area (Å²) in [7, 11) is 0. The van der Waals surface area contributed by atoms with Gasteiger partial charge in [0.2, 0.25) is 5.88 Å². The minimum Gasteiger partial charge on any atom is -0.493 e. The van der Waals surface area contributed by atoms with Crippen molar-refractivity contribution in [1.29, 1.82) is 0 Å². The van der Waals surface area contributed by atoms with Crippen LogP contribution in [0.1, 0.15) is 11.1 Å². The number of hydrogen-bond acceptors (Lipinski definition) is 3. The first-order valence-corrected chi connectivity index (χ1v) is 6.39. The summed E-state index contributed by atoms with van der Waals surface area (Å²) >= 11 is 0. The molecule has 24 heavy (non-hydrogen) atoms. The molecule has 0 aliphatic rings. The largest absolute Gasteiger partial charge is 0.493 e. The molecule has 0 atom stereocenters. The Morgan fingerprint density at radius 3 is 2.25 bits per heavy atom. The number of halogens is 6. The summed E-state index contributed by atoms with van der Waals surface area (Å²) in [4.78, 5) is 7.50. The van der Waals surface area contributed by atoms with Gasteiger partial charge in [-0.25, -0.2) is 4.98 Å². The third-order valence-corrected chi connectivity index (χ3v) is 3.27. The number of imidazole rings is 1. The van der Waals surface area contributed by atoms with Gasteiger partial charge in [-0.2, -0.15) is 31.3 Å². The second-order valence-corrected chi connectivity index (χ2v) is 4.85. The van der Waals surface area contributed by atoms with Crippen LogP contribution in [0.25, 0.3) is 16.9 Å². The first kappa shape index (κ1) is 16.1. The van der Waals surface area contributed by atoms with Crippen LogP contribution in [0.15, 0.2) is 36.7 Å². The molecule has 0 saturated heterocycles. The lowest BCUT2D eigenvalue weighted by Gasteiger charge is -2.16. The van der Waals surface area contributed by atoms with E-state index in [0.717, 1.165) is 10.9 Å². The van der Waals surface area contributed by atoms with E-state index in [-0.39, 0.29) is 17.2 Å². The van der Waals surface area contributed by atoms with E-state index in [2.05, 4.69) is 9.97 Å². The van der Waals surface area contributed by atoms with Crippen LogP contribution in [0, 0.1) is 0 Å². The Balaban J connectivity index is 2.28. The lowest BCUT2D eigenvalue weighted by Crippen LogP contribution is -2.14. The molecule has 3 aromatic rings. The number of aromatic hydroxyl groups is 1. The zero-order valence-corrected chi connectivity index (χ0v) is 11.5. The van der Waals surface area contributed by atoms with Crippen molar-refractivity contribution in [3.05, 3.63) is 47.8 Å². The molecule has 0 aliphatic heterocycles. The van der Waals surface area contributed by atoms with Crippen molar-refractivity contribution in [2.75, 3.05) is 0 Å². The molecular weight excluding hydrogens is 340 g/mol. The van der Waals surface area contributed by atoms with E-state index in [0.29, 0.717) is 12.1 Å². The normalized spacial score (nSPS) is 12.8. The third-order valence-electron chi connectivity index (χ3n) is 3.27. The minimum atomic E-state index is -5.02. The van der Waals surface area contributed by atoms with Crippen molar-refractivity contribution >= 4 is 11.2 Å². The maximum absolute atomic E-state index is 13.2. The molecule has 0 fully saturated rings. The highest BCUT2D eigenvalue weighted by Crippen LogP contribution is 2.39. The van der Waals surface area contributed by atoms with Gasteiger partial charge in [0.05, 0.1) is 16.8 Å². The number of benzene rings is 1. The van der Waals surface area contributed by atoms with E-state index in [1.54, 1.807) is 0 Å². The summed E-state index contributed by atoms with van der Waals surface area (Å²) in [5, 5.41) is 9.38. The van der Waals surface area contributed by atoms with E-state index in [9.17, 15) is 31.4 Å². The van der Waals surface area contributed by atoms with Gasteiger partial charge in [-0.1, -0.05) is 0 Å². The van der Waals surface area contributed by atoms with Crippen LogP contribution in [0.3, 0.4) is 0 Å². The van der Waals surface area contributed by atoms with Crippen LogP contribution in [-0.2, 0) is 12.4 Å². The molecule has 2 aromatic heterocycles. The van der Waals surface area contributed by atoms with Crippen molar-refractivity contribution in [1.82, 2.24) is 14.5 Å². The molecule has 0 bridgehead atoms. The molecule has 0 saturated carbocycles. The predicted molar refractivity (Wildman–Crippen MR) is 70.5 cm³/mol. The molecule has 10 heteroatoms. The van der Waals surface area contributed by atoms with Crippen LogP contribution in [0.5, 0.6) is 5.88 Å². The summed E-state index contributed by atoms with van der Waals surface area (Å²) < 4.78 is 78.6. The van der Waals surface area contributed by atoms with Crippen molar-refractivity contribution in [3.63, 3.8) is 0 Å². The zero-order valence-electron chi connectivity index (χ0n) is 11.5. The number of rotatable bonds is 1. The number of alkyl halides is 6. The standard InChI is InChI=1S/C14H7F6N3O/c15-13(16,17)7-1-3-10(8(5-7)14(18,19)20)23-6-21-9-2-4-11(24)22-12(9)23/h1-6H,(H,22,24). The fraction of sp³-hybridized carbons (Fsp3) is 0.143. The van der Waals surface area contributed by atoms with Crippen molar-refractivity contribution in [2.45, 2.75) is 12.4 Å². The molecule has 0 unspecified atom stereocenters. The fourth-order valence-corrected chi connectivity index (χ4v) is 2.21. The highest BCUT2D eigenvalue weighted by atomic mass is 19.4. The predicted octanol–water partition coefficient (Wildman–Crippen LogP) is 4.16. The topological polar surface area (TPSA) is 50.9 Å². The van der Waals surface area contributed by atoms with Gasteiger partial charge >= 0.3 is 12.4 Å². The third kappa shape index (κ3) is 2.74. The Labute approximate surface area is 130 Å². The number of aromatic nitrogens is 3. The van der Waals surface area contributed by atoms with Gasteiger partial charge in [0.15, 0.2) is 5.65 Å². The maximum atomic E-state index is 13.2. The number of pyridine rings is 1. The van der Waals surface area contributed by atoms with E-state index in [4.69, 9.17) is 0 Å². The Morgan fingerprint density at radius 1 is 0.917 bits per heavy atom. The Bertz CT molecular complexity index is 913. The highest BCUT2D eigenvalue weighted by Gasteiger charge is 2.38. The average Bonchev–Trinajstić information content (AvgIpc) is 2.87. The zero-order chi connectivity index (χ0) is 17.7. The van der Waals surface area contributed by atoms with Crippen LogP contribution in [0.2, 0.25) is 0 Å². The molecule has 0 radical (unpaired) electrons. The summed E-state index contributed by atoms with van der Waals surface area (Å²) in [6.45, 7) is 0. The highest BCUT2D eigenvalue weighted by molar-refractivity contribution is 5.74. The second-order valence-electron chi connectivity index (χ2n) is 4.85. The summed E-state index contributed by atoms with van der Waals surface area (Å²) in [6.07, 6.45) is -8.94. The lowest BCUT2D eigenvalue weighted by molar-refractivity contribution is -0.143. The van der Waals surface area contributed by atoms with Gasteiger partial charge in [0.1, 0.15) is 11.8 Å². The van der Waals surface area contributed by atoms with Gasteiger partial charge in [0, 0.05) is 6.07 Å². The van der Waals surface area contributed by atoms with Crippen LogP contribution < -0.4 is 0 Å². The van der Waals surface area contributed by atoms with Gasteiger partial charge in [-0.05, 0) is 24.3 Å². The summed E-state index contributed by atoms with van der Waals surface area (Å²) in [5.74, 6) is -0.454. The fourth-order valence-electron chi connectivity index (χ4n) is 2.21. The van der Waals surface area contributed by atoms with Crippen molar-refractivity contribution in [2.24, 2.45) is 0 Å². The maximum Gasteiger partial charge on any atom is 0.418 e. The van der Waals surface area contributed by atoms with E-state index in [1.165, 1.54) is 12.1 Å². The second kappa shape index (κ2) is 5.11. The molecular formula is C14H7F6N3O. The van der Waals surface area contributed by atoms with Gasteiger partial charge in [0.25, 0.3) is 0 Å². The average molecular weight is 347 g/mol. The molecule has 3 rings (SSSR count). The summed E-state index contributed by atoms with van der Waals surface area (Å²) in [6, 6.07) is 3.78. The monoisotopic (exact) mass is 347 g/mol. The Kier molecular flexibility index (Phi) is 3.43. The van der Waals surface area contributed by atoms with Crippen LogP contribution in [-0.4, -0.2) is 19.6 Å². The van der Waals surface area contributed by atoms with Crippen molar-refractivity contribution < 1.29 is 31.4 Å². The quantitative estimate of drug-likeness (QED) is 0.673. The molecule has 0 amide bonds. The van der Waals surface area contributed by atoms with Gasteiger partial charge in [-0.15, -0.1) is 0 Å². The number of hydrogen-bond donors (Lipinski definition) is 1. The Morgan fingerprint density at radius 2 is 1.62 bits per heavy atom. The first-order chi connectivity index (χ1) is 11.1. The van der Waals surface area contributed by atoms with Gasteiger partial charge < -0.3 is 5.11 Å². The molecule has 0 aliphatic carbocycles. The van der Waals surface area contributed by atoms with Crippen LogP contribution >= 0.6 is 0 Å². The smallest absolute Gasteiger partial charge is 0.418 e. The van der Waals surface area contributed by atoms with E-state index < -0.39 is 35.0 Å². The summed E-state index contributed by atoms with van der Waals surface area (Å²) in [5.41, 5.74) is -3.40. The van der Waals surface area contributed by atoms with Gasteiger partial charge in [-0.3, -0.25) is 4.57 Å². The SMILES string of the molecule is Oc1ccc2ncn(-c3ccc(C(F)(F)F)cc3C(F)(F)F)c2n1. The van der Waals surface area contributed by atoms with E-state index >= 15 is 0 Å². The van der Waals surface area contributed by atoms with Crippen molar-refractivity contribution in [3.8, 4) is 11.6 Å². The molecule has 126 valence electrons. The van der Waals surface area contributed by atoms with E-state index in [1.807, 2.05) is 0 Å². The lowest BCUT2D eigenvalue weighted by atomic mass is 10.1. The number of fused-ring (bicyclic) bond motifs is 1. The first-order valence-electron chi connectivity index (χ1n) is 6.39. The van der Waals surface area contributed by atoms with Crippen LogP contribution in [0.4, 0.5) is 26.3 Å².